The van der Waals surface area contributed by atoms with Gasteiger partial charge in [0.1, 0.15) is 5.75 Å². The number of benzene rings is 2. The molecule has 1 radical (unpaired) electrons. The molecule has 0 unspecified atom stereocenters. The lowest BCUT2D eigenvalue weighted by atomic mass is 10.1. The van der Waals surface area contributed by atoms with E-state index in [2.05, 4.69) is 24.8 Å². The second-order valence-electron chi connectivity index (χ2n) is 5.64. The Morgan fingerprint density at radius 1 is 1.10 bits per heavy atom. The van der Waals surface area contributed by atoms with Crippen LogP contribution in [0.15, 0.2) is 48.6 Å². The second-order valence-corrected chi connectivity index (χ2v) is 8.38. The van der Waals surface area contributed by atoms with E-state index < -0.39 is 8.80 Å². The Kier molecular flexibility index (Phi) is 3.93. The van der Waals surface area contributed by atoms with Crippen LogP contribution in [-0.2, 0) is 4.79 Å². The highest BCUT2D eigenvalue weighted by Gasteiger charge is 2.22. The molecule has 0 bridgehead atoms. The number of hydrogen-bond donors (Lipinski definition) is 0. The predicted octanol–water partition coefficient (Wildman–Crippen LogP) is 3.82. The molecule has 107 valence electrons. The molecule has 1 aliphatic rings. The molecule has 1 fully saturated rings. The molecule has 1 aliphatic heterocycles. The van der Waals surface area contributed by atoms with Crippen LogP contribution in [0.1, 0.15) is 19.8 Å². The van der Waals surface area contributed by atoms with Crippen molar-refractivity contribution in [3.8, 4) is 5.75 Å². The average Bonchev–Trinajstić information content (AvgIpc) is 3.01. The highest BCUT2D eigenvalue weighted by atomic mass is 28.3. The summed E-state index contributed by atoms with van der Waals surface area (Å²) in [5.41, 5.74) is 0.422. The molecule has 1 saturated heterocycles. The molecule has 0 aliphatic carbocycles. The zero-order chi connectivity index (χ0) is 14.8. The van der Waals surface area contributed by atoms with Gasteiger partial charge in [0.15, 0.2) is 0 Å². The van der Waals surface area contributed by atoms with Gasteiger partial charge in [0.05, 0.1) is 8.80 Å². The van der Waals surface area contributed by atoms with Crippen LogP contribution in [0.4, 0.5) is 0 Å². The molecule has 2 nitrogen and oxygen atoms in total. The highest BCUT2D eigenvalue weighted by molar-refractivity contribution is 6.76. The van der Waals surface area contributed by atoms with E-state index in [0.717, 1.165) is 5.39 Å². The van der Waals surface area contributed by atoms with Gasteiger partial charge in [0.25, 0.3) is 0 Å². The molecule has 21 heavy (non-hydrogen) atoms. The SMILES string of the molecule is C=C(C)C(=O)Oc1ccc([Si]2CCCC2)c2ccccc12. The summed E-state index contributed by atoms with van der Waals surface area (Å²) in [6, 6.07) is 15.1. The Balaban J connectivity index is 2.06. The van der Waals surface area contributed by atoms with Gasteiger partial charge < -0.3 is 4.74 Å². The average molecular weight is 295 g/mol. The van der Waals surface area contributed by atoms with E-state index in [1.54, 1.807) is 6.92 Å². The van der Waals surface area contributed by atoms with Gasteiger partial charge in [-0.2, -0.15) is 0 Å². The summed E-state index contributed by atoms with van der Waals surface area (Å²) < 4.78 is 5.48. The first-order valence-corrected chi connectivity index (χ1v) is 9.33. The number of rotatable bonds is 3. The lowest BCUT2D eigenvalue weighted by molar-refractivity contribution is -0.129. The Morgan fingerprint density at radius 3 is 2.43 bits per heavy atom. The predicted molar refractivity (Wildman–Crippen MR) is 88.6 cm³/mol. The van der Waals surface area contributed by atoms with Crippen molar-refractivity contribution < 1.29 is 9.53 Å². The third-order valence-electron chi connectivity index (χ3n) is 4.02. The van der Waals surface area contributed by atoms with Gasteiger partial charge in [-0.05, 0) is 18.4 Å². The fraction of sp³-hybridized carbons (Fsp3) is 0.278. The van der Waals surface area contributed by atoms with Crippen LogP contribution in [0.3, 0.4) is 0 Å². The van der Waals surface area contributed by atoms with E-state index >= 15 is 0 Å². The van der Waals surface area contributed by atoms with Crippen molar-refractivity contribution in [2.24, 2.45) is 0 Å². The summed E-state index contributed by atoms with van der Waals surface area (Å²) in [6.45, 7) is 5.31. The first kappa shape index (κ1) is 14.1. The molecule has 0 saturated carbocycles. The summed E-state index contributed by atoms with van der Waals surface area (Å²) in [5, 5.41) is 3.78. The fourth-order valence-corrected chi connectivity index (χ4v) is 5.99. The van der Waals surface area contributed by atoms with E-state index in [9.17, 15) is 4.79 Å². The maximum atomic E-state index is 11.8. The molecule has 0 spiro atoms. The molecular weight excluding hydrogens is 276 g/mol. The lowest BCUT2D eigenvalue weighted by Gasteiger charge is -2.14. The van der Waals surface area contributed by atoms with Crippen LogP contribution in [0.2, 0.25) is 12.1 Å². The van der Waals surface area contributed by atoms with Crippen LogP contribution < -0.4 is 9.92 Å². The van der Waals surface area contributed by atoms with Gasteiger partial charge in [0, 0.05) is 11.0 Å². The van der Waals surface area contributed by atoms with Crippen molar-refractivity contribution in [1.82, 2.24) is 0 Å². The van der Waals surface area contributed by atoms with Gasteiger partial charge in [-0.15, -0.1) is 0 Å². The van der Waals surface area contributed by atoms with Crippen molar-refractivity contribution in [2.75, 3.05) is 0 Å². The summed E-state index contributed by atoms with van der Waals surface area (Å²) in [6.07, 6.45) is 2.71. The zero-order valence-electron chi connectivity index (χ0n) is 12.3. The van der Waals surface area contributed by atoms with Crippen LogP contribution in [0, 0.1) is 0 Å². The monoisotopic (exact) mass is 295 g/mol. The molecule has 0 amide bonds. The molecule has 0 aromatic heterocycles. The van der Waals surface area contributed by atoms with Crippen molar-refractivity contribution >= 4 is 30.7 Å². The Bertz CT molecular complexity index is 699. The minimum absolute atomic E-state index is 0.359. The molecule has 2 aromatic carbocycles. The Morgan fingerprint density at radius 2 is 1.76 bits per heavy atom. The maximum Gasteiger partial charge on any atom is 0.338 e. The largest absolute Gasteiger partial charge is 0.423 e. The van der Waals surface area contributed by atoms with Crippen LogP contribution >= 0.6 is 0 Å². The minimum atomic E-state index is -0.433. The number of carbonyl (C=O) groups is 1. The quantitative estimate of drug-likeness (QED) is 0.372. The third kappa shape index (κ3) is 2.79. The summed E-state index contributed by atoms with van der Waals surface area (Å²) in [5.74, 6) is 0.283. The van der Waals surface area contributed by atoms with Gasteiger partial charge in [-0.25, -0.2) is 4.79 Å². The first-order valence-electron chi connectivity index (χ1n) is 7.41. The molecule has 3 heteroatoms. The van der Waals surface area contributed by atoms with Crippen molar-refractivity contribution in [2.45, 2.75) is 31.9 Å². The van der Waals surface area contributed by atoms with Gasteiger partial charge in [-0.1, -0.05) is 67.0 Å². The second kappa shape index (κ2) is 5.86. The van der Waals surface area contributed by atoms with Gasteiger partial charge in [-0.3, -0.25) is 0 Å². The molecule has 2 aromatic rings. The van der Waals surface area contributed by atoms with Crippen molar-refractivity contribution in [1.29, 1.82) is 0 Å². The lowest BCUT2D eigenvalue weighted by Crippen LogP contribution is -2.27. The number of carbonyl (C=O) groups excluding carboxylic acids is 1. The van der Waals surface area contributed by atoms with Crippen molar-refractivity contribution in [3.63, 3.8) is 0 Å². The fourth-order valence-electron chi connectivity index (χ4n) is 2.93. The standard InChI is InChI=1S/C18H19O2Si/c1-13(2)18(19)20-16-9-10-17(21-11-5-6-12-21)15-8-4-3-7-14(15)16/h3-4,7-10H,1,5-6,11-12H2,2H3. The zero-order valence-corrected chi connectivity index (χ0v) is 13.3. The van der Waals surface area contributed by atoms with Gasteiger partial charge in [0.2, 0.25) is 0 Å². The molecule has 0 atom stereocenters. The molecule has 0 N–H and O–H groups in total. The normalized spacial score (nSPS) is 15.3. The van der Waals surface area contributed by atoms with E-state index in [0.29, 0.717) is 11.3 Å². The molecular formula is C18H19O2Si. The summed E-state index contributed by atoms with van der Waals surface area (Å²) >= 11 is 0. The van der Waals surface area contributed by atoms with Crippen molar-refractivity contribution in [3.05, 3.63) is 48.6 Å². The summed E-state index contributed by atoms with van der Waals surface area (Å²) in [7, 11) is -0.433. The van der Waals surface area contributed by atoms with E-state index in [-0.39, 0.29) is 5.97 Å². The minimum Gasteiger partial charge on any atom is -0.423 e. The summed E-state index contributed by atoms with van der Waals surface area (Å²) in [4.78, 5) is 11.8. The number of fused-ring (bicyclic) bond motifs is 1. The molecule has 3 rings (SSSR count). The third-order valence-corrected chi connectivity index (χ3v) is 7.14. The number of hydrogen-bond acceptors (Lipinski definition) is 2. The first-order chi connectivity index (χ1) is 10.2. The van der Waals surface area contributed by atoms with E-state index in [4.69, 9.17) is 4.74 Å². The highest BCUT2D eigenvalue weighted by Crippen LogP contribution is 2.28. The van der Waals surface area contributed by atoms with Crippen LogP contribution in [0.25, 0.3) is 10.8 Å². The van der Waals surface area contributed by atoms with Gasteiger partial charge >= 0.3 is 5.97 Å². The van der Waals surface area contributed by atoms with E-state index in [1.807, 2.05) is 18.2 Å². The molecule has 1 heterocycles. The van der Waals surface area contributed by atoms with Crippen LogP contribution in [0.5, 0.6) is 5.75 Å². The van der Waals surface area contributed by atoms with Crippen LogP contribution in [-0.4, -0.2) is 14.8 Å². The Labute approximate surface area is 127 Å². The van der Waals surface area contributed by atoms with E-state index in [1.165, 1.54) is 35.5 Å². The number of ether oxygens (including phenoxy) is 1. The Hall–Kier alpha value is -1.87. The number of esters is 1. The smallest absolute Gasteiger partial charge is 0.338 e. The maximum absolute atomic E-state index is 11.8. The topological polar surface area (TPSA) is 26.3 Å².